The van der Waals surface area contributed by atoms with Crippen molar-refractivity contribution in [2.75, 3.05) is 5.43 Å². The third kappa shape index (κ3) is 4.26. The summed E-state index contributed by atoms with van der Waals surface area (Å²) in [6, 6.07) is 15.4. The summed E-state index contributed by atoms with van der Waals surface area (Å²) in [5.74, 6) is 0.363. The number of hydrogen-bond donors (Lipinski definition) is 1. The van der Waals surface area contributed by atoms with Crippen LogP contribution in [-0.4, -0.2) is 24.9 Å². The molecule has 4 rings (SSSR count). The van der Waals surface area contributed by atoms with Gasteiger partial charge in [0.1, 0.15) is 0 Å². The number of fused-ring (bicyclic) bond motifs is 1. The van der Waals surface area contributed by atoms with Crippen LogP contribution in [0, 0.1) is 0 Å². The minimum absolute atomic E-state index is 0.296. The smallest absolute Gasteiger partial charge is 0.298 e. The van der Waals surface area contributed by atoms with Crippen LogP contribution in [0.2, 0.25) is 0 Å². The van der Waals surface area contributed by atoms with Gasteiger partial charge in [-0.15, -0.1) is 0 Å². The third-order valence-electron chi connectivity index (χ3n) is 4.83. The van der Waals surface area contributed by atoms with Crippen LogP contribution in [0.3, 0.4) is 0 Å². The number of aromatic nitrogens is 4. The SMILES string of the molecule is Cn1c(=O)c2c(nc(N/N=C/c3ccc(Br)cc3)n2Cc2cccc(Br)c2)n(C)c1=O. The first-order valence-electron chi connectivity index (χ1n) is 9.30. The summed E-state index contributed by atoms with van der Waals surface area (Å²) in [6.45, 7) is 0.375. The summed E-state index contributed by atoms with van der Waals surface area (Å²) in [6.07, 6.45) is 1.66. The Hall–Kier alpha value is -2.98. The van der Waals surface area contributed by atoms with E-state index in [1.54, 1.807) is 17.8 Å². The summed E-state index contributed by atoms with van der Waals surface area (Å²) in [4.78, 5) is 29.8. The lowest BCUT2D eigenvalue weighted by Gasteiger charge is -2.09. The van der Waals surface area contributed by atoms with E-state index < -0.39 is 11.2 Å². The second-order valence-electron chi connectivity index (χ2n) is 6.95. The van der Waals surface area contributed by atoms with E-state index in [1.165, 1.54) is 11.6 Å². The van der Waals surface area contributed by atoms with Gasteiger partial charge in [0.15, 0.2) is 11.2 Å². The summed E-state index contributed by atoms with van der Waals surface area (Å²) >= 11 is 6.88. The van der Waals surface area contributed by atoms with E-state index in [2.05, 4.69) is 47.4 Å². The molecule has 0 radical (unpaired) electrons. The Balaban J connectivity index is 1.82. The predicted molar refractivity (Wildman–Crippen MR) is 129 cm³/mol. The normalized spacial score (nSPS) is 11.5. The molecule has 4 aromatic rings. The lowest BCUT2D eigenvalue weighted by molar-refractivity contribution is 0.702. The van der Waals surface area contributed by atoms with Crippen LogP contribution < -0.4 is 16.7 Å². The first-order valence-corrected chi connectivity index (χ1v) is 10.9. The highest BCUT2D eigenvalue weighted by molar-refractivity contribution is 9.10. The standard InChI is InChI=1S/C21H18Br2N6O2/c1-27-18-17(19(30)28(2)21(27)31)29(12-14-4-3-5-16(23)10-14)20(25-18)26-24-11-13-6-8-15(22)9-7-13/h3-11H,12H2,1-2H3,(H,25,26)/b24-11+. The van der Waals surface area contributed by atoms with Gasteiger partial charge in [-0.3, -0.25) is 18.5 Å². The molecule has 0 amide bonds. The number of halogens is 2. The average molecular weight is 546 g/mol. The van der Waals surface area contributed by atoms with Crippen LogP contribution in [0.25, 0.3) is 11.2 Å². The fraction of sp³-hybridized carbons (Fsp3) is 0.143. The van der Waals surface area contributed by atoms with Crippen LogP contribution in [0.4, 0.5) is 5.95 Å². The first-order chi connectivity index (χ1) is 14.8. The van der Waals surface area contributed by atoms with Gasteiger partial charge in [0.25, 0.3) is 5.56 Å². The highest BCUT2D eigenvalue weighted by Crippen LogP contribution is 2.20. The Morgan fingerprint density at radius 3 is 2.48 bits per heavy atom. The van der Waals surface area contributed by atoms with Crippen molar-refractivity contribution in [3.63, 3.8) is 0 Å². The third-order valence-corrected chi connectivity index (χ3v) is 5.85. The minimum Gasteiger partial charge on any atom is -0.298 e. The number of hydrogen-bond acceptors (Lipinski definition) is 5. The molecule has 0 spiro atoms. The maximum atomic E-state index is 12.9. The van der Waals surface area contributed by atoms with Crippen LogP contribution in [0.1, 0.15) is 11.1 Å². The monoisotopic (exact) mass is 544 g/mol. The molecule has 31 heavy (non-hydrogen) atoms. The topological polar surface area (TPSA) is 86.2 Å². The van der Waals surface area contributed by atoms with E-state index >= 15 is 0 Å². The number of imidazole rings is 1. The summed E-state index contributed by atoms with van der Waals surface area (Å²) < 4.78 is 6.08. The van der Waals surface area contributed by atoms with Crippen molar-refractivity contribution in [2.24, 2.45) is 19.2 Å². The van der Waals surface area contributed by atoms with Crippen molar-refractivity contribution in [1.82, 2.24) is 18.7 Å². The quantitative estimate of drug-likeness (QED) is 0.307. The molecule has 0 aliphatic heterocycles. The zero-order valence-electron chi connectivity index (χ0n) is 16.7. The van der Waals surface area contributed by atoms with Gasteiger partial charge in [-0.25, -0.2) is 10.2 Å². The molecule has 158 valence electrons. The molecule has 8 nitrogen and oxygen atoms in total. The Kier molecular flexibility index (Phi) is 5.92. The van der Waals surface area contributed by atoms with Crippen molar-refractivity contribution < 1.29 is 0 Å². The highest BCUT2D eigenvalue weighted by Gasteiger charge is 2.19. The predicted octanol–water partition coefficient (Wildman–Crippen LogP) is 3.45. The van der Waals surface area contributed by atoms with E-state index in [0.29, 0.717) is 23.7 Å². The fourth-order valence-electron chi connectivity index (χ4n) is 3.22. The second-order valence-corrected chi connectivity index (χ2v) is 8.78. The maximum absolute atomic E-state index is 12.9. The van der Waals surface area contributed by atoms with Crippen molar-refractivity contribution in [2.45, 2.75) is 6.54 Å². The molecule has 1 N–H and O–H groups in total. The van der Waals surface area contributed by atoms with E-state index in [1.807, 2.05) is 48.5 Å². The summed E-state index contributed by atoms with van der Waals surface area (Å²) in [5.41, 5.74) is 4.56. The second kappa shape index (κ2) is 8.64. The first kappa shape index (κ1) is 21.3. The lowest BCUT2D eigenvalue weighted by Crippen LogP contribution is -2.37. The van der Waals surface area contributed by atoms with Crippen molar-refractivity contribution in [3.05, 3.63) is 89.4 Å². The van der Waals surface area contributed by atoms with Crippen molar-refractivity contribution >= 4 is 55.2 Å². The molecule has 2 heterocycles. The van der Waals surface area contributed by atoms with E-state index in [-0.39, 0.29) is 0 Å². The minimum atomic E-state index is -0.436. The van der Waals surface area contributed by atoms with Gasteiger partial charge in [0.2, 0.25) is 5.95 Å². The molecule has 0 aliphatic rings. The number of nitrogens with one attached hydrogen (secondary N) is 1. The van der Waals surface area contributed by atoms with Crippen LogP contribution in [0.5, 0.6) is 0 Å². The molecular formula is C21H18Br2N6O2. The summed E-state index contributed by atoms with van der Waals surface area (Å²) in [5, 5.41) is 4.28. The number of anilines is 1. The van der Waals surface area contributed by atoms with Gasteiger partial charge in [-0.2, -0.15) is 10.1 Å². The molecule has 0 fully saturated rings. The Morgan fingerprint density at radius 1 is 1.03 bits per heavy atom. The van der Waals surface area contributed by atoms with E-state index in [0.717, 1.165) is 24.6 Å². The number of hydrazone groups is 1. The van der Waals surface area contributed by atoms with Gasteiger partial charge >= 0.3 is 5.69 Å². The Morgan fingerprint density at radius 2 is 1.77 bits per heavy atom. The van der Waals surface area contributed by atoms with Crippen molar-refractivity contribution in [3.8, 4) is 0 Å². The molecular weight excluding hydrogens is 528 g/mol. The van der Waals surface area contributed by atoms with Crippen LogP contribution in [-0.2, 0) is 20.6 Å². The molecule has 0 unspecified atom stereocenters. The molecule has 10 heteroatoms. The molecule has 0 atom stereocenters. The molecule has 0 saturated heterocycles. The maximum Gasteiger partial charge on any atom is 0.332 e. The van der Waals surface area contributed by atoms with Crippen LogP contribution in [0.15, 0.2) is 72.2 Å². The number of rotatable bonds is 5. The number of aryl methyl sites for hydroxylation is 1. The van der Waals surface area contributed by atoms with Crippen LogP contribution >= 0.6 is 31.9 Å². The van der Waals surface area contributed by atoms with Gasteiger partial charge in [-0.05, 0) is 35.4 Å². The van der Waals surface area contributed by atoms with E-state index in [9.17, 15) is 9.59 Å². The van der Waals surface area contributed by atoms with Gasteiger partial charge < -0.3 is 0 Å². The fourth-order valence-corrected chi connectivity index (χ4v) is 3.93. The lowest BCUT2D eigenvalue weighted by atomic mass is 10.2. The van der Waals surface area contributed by atoms with Gasteiger partial charge in [-0.1, -0.05) is 56.1 Å². The van der Waals surface area contributed by atoms with Crippen molar-refractivity contribution in [1.29, 1.82) is 0 Å². The Labute approximate surface area is 194 Å². The average Bonchev–Trinajstić information content (AvgIpc) is 3.10. The largest absolute Gasteiger partial charge is 0.332 e. The van der Waals surface area contributed by atoms with Gasteiger partial charge in [0.05, 0.1) is 12.8 Å². The zero-order chi connectivity index (χ0) is 22.1. The van der Waals surface area contributed by atoms with Gasteiger partial charge in [0, 0.05) is 23.0 Å². The number of benzene rings is 2. The zero-order valence-corrected chi connectivity index (χ0v) is 19.9. The molecule has 0 aliphatic carbocycles. The highest BCUT2D eigenvalue weighted by atomic mass is 79.9. The summed E-state index contributed by atoms with van der Waals surface area (Å²) in [7, 11) is 3.05. The molecule has 2 aromatic heterocycles. The molecule has 0 saturated carbocycles. The Bertz CT molecular complexity index is 1420. The number of nitrogens with zero attached hydrogens (tertiary/aromatic N) is 5. The molecule has 2 aromatic carbocycles. The van der Waals surface area contributed by atoms with E-state index in [4.69, 9.17) is 0 Å². The molecule has 0 bridgehead atoms.